The number of anilines is 1. The van der Waals surface area contributed by atoms with Gasteiger partial charge in [0.25, 0.3) is 5.91 Å². The minimum Gasteiger partial charge on any atom is -0.466 e. The van der Waals surface area contributed by atoms with Gasteiger partial charge in [-0.1, -0.05) is 54.1 Å². The van der Waals surface area contributed by atoms with Gasteiger partial charge in [-0.3, -0.25) is 14.4 Å². The fourth-order valence-corrected chi connectivity index (χ4v) is 5.05. The molecule has 0 saturated heterocycles. The van der Waals surface area contributed by atoms with Crippen LogP contribution in [0.15, 0.2) is 91.0 Å². The summed E-state index contributed by atoms with van der Waals surface area (Å²) >= 11 is 6.08. The molecule has 0 bridgehead atoms. The first-order valence-corrected chi connectivity index (χ1v) is 14.9. The van der Waals surface area contributed by atoms with Gasteiger partial charge < -0.3 is 20.1 Å². The van der Waals surface area contributed by atoms with Gasteiger partial charge in [0.15, 0.2) is 0 Å². The monoisotopic (exact) mass is 652 g/mol. The molecule has 0 fully saturated rings. The summed E-state index contributed by atoms with van der Waals surface area (Å²) in [5.74, 6) is -2.35. The van der Waals surface area contributed by atoms with Crippen molar-refractivity contribution in [2.45, 2.75) is 39.0 Å². The van der Waals surface area contributed by atoms with E-state index in [9.17, 15) is 27.6 Å². The fraction of sp³-hybridized carbons (Fsp3) is 0.229. The number of benzene rings is 4. The SMILES string of the molecule is CCOC(=O)CCNC(=O)c1ccc(CC(C(=O)Nc2ccc(-c3ccc(Cl)cc3C)cc2)c2ccc(OC(F)(F)F)cc2)cc1. The van der Waals surface area contributed by atoms with Crippen molar-refractivity contribution in [3.63, 3.8) is 0 Å². The second kappa shape index (κ2) is 15.4. The van der Waals surface area contributed by atoms with E-state index in [1.165, 1.54) is 12.1 Å². The number of halogens is 4. The van der Waals surface area contributed by atoms with Gasteiger partial charge in [0.05, 0.1) is 18.9 Å². The summed E-state index contributed by atoms with van der Waals surface area (Å²) < 4.78 is 47.0. The van der Waals surface area contributed by atoms with E-state index in [-0.39, 0.29) is 37.8 Å². The van der Waals surface area contributed by atoms with Crippen molar-refractivity contribution < 1.29 is 37.0 Å². The molecule has 0 heterocycles. The lowest BCUT2D eigenvalue weighted by atomic mass is 9.90. The van der Waals surface area contributed by atoms with Gasteiger partial charge in [-0.25, -0.2) is 0 Å². The Morgan fingerprint density at radius 3 is 2.17 bits per heavy atom. The zero-order chi connectivity index (χ0) is 33.3. The fourth-order valence-electron chi connectivity index (χ4n) is 4.82. The molecule has 2 amide bonds. The highest BCUT2D eigenvalue weighted by Gasteiger charge is 2.31. The molecule has 0 aliphatic heterocycles. The molecule has 240 valence electrons. The first kappa shape index (κ1) is 34.1. The molecule has 4 aromatic carbocycles. The molecule has 0 saturated carbocycles. The van der Waals surface area contributed by atoms with Crippen LogP contribution in [0.25, 0.3) is 11.1 Å². The summed E-state index contributed by atoms with van der Waals surface area (Å²) in [6.07, 6.45) is -4.61. The second-order valence-electron chi connectivity index (χ2n) is 10.4. The quantitative estimate of drug-likeness (QED) is 0.152. The third-order valence-corrected chi connectivity index (χ3v) is 7.30. The number of esters is 1. The van der Waals surface area contributed by atoms with Crippen LogP contribution in [0.1, 0.15) is 46.3 Å². The Morgan fingerprint density at radius 1 is 0.891 bits per heavy atom. The van der Waals surface area contributed by atoms with Crippen LogP contribution in [0.5, 0.6) is 5.75 Å². The summed E-state index contributed by atoms with van der Waals surface area (Å²) in [4.78, 5) is 37.6. The Morgan fingerprint density at radius 2 is 1.57 bits per heavy atom. The van der Waals surface area contributed by atoms with Crippen LogP contribution in [0.2, 0.25) is 5.02 Å². The highest BCUT2D eigenvalue weighted by Crippen LogP contribution is 2.30. The van der Waals surface area contributed by atoms with Crippen molar-refractivity contribution in [3.05, 3.63) is 118 Å². The molecule has 4 aromatic rings. The van der Waals surface area contributed by atoms with E-state index in [0.717, 1.165) is 28.8 Å². The van der Waals surface area contributed by atoms with E-state index in [2.05, 4.69) is 15.4 Å². The molecule has 0 spiro atoms. The number of carbonyl (C=O) groups excluding carboxylic acids is 3. The third kappa shape index (κ3) is 9.84. The van der Waals surface area contributed by atoms with Gasteiger partial charge in [0, 0.05) is 22.8 Å². The minimum atomic E-state index is -4.85. The van der Waals surface area contributed by atoms with E-state index in [1.54, 1.807) is 49.4 Å². The summed E-state index contributed by atoms with van der Waals surface area (Å²) in [6.45, 7) is 4.04. The molecular formula is C35H32ClF3N2O5. The zero-order valence-corrected chi connectivity index (χ0v) is 25.9. The van der Waals surface area contributed by atoms with Crippen molar-refractivity contribution >= 4 is 35.1 Å². The van der Waals surface area contributed by atoms with Crippen molar-refractivity contribution in [3.8, 4) is 16.9 Å². The van der Waals surface area contributed by atoms with Gasteiger partial charge in [0.2, 0.25) is 5.91 Å². The molecule has 46 heavy (non-hydrogen) atoms. The number of hydrogen-bond acceptors (Lipinski definition) is 5. The number of ether oxygens (including phenoxy) is 2. The maximum atomic E-state index is 13.6. The van der Waals surface area contributed by atoms with Crippen molar-refractivity contribution in [1.82, 2.24) is 5.32 Å². The van der Waals surface area contributed by atoms with Gasteiger partial charge in [-0.15, -0.1) is 13.2 Å². The number of hydrogen-bond donors (Lipinski definition) is 2. The van der Waals surface area contributed by atoms with Gasteiger partial charge in [0.1, 0.15) is 5.75 Å². The Balaban J connectivity index is 1.50. The van der Waals surface area contributed by atoms with Crippen molar-refractivity contribution in [2.24, 2.45) is 0 Å². The molecule has 0 aliphatic carbocycles. The summed E-state index contributed by atoms with van der Waals surface area (Å²) in [5, 5.41) is 6.21. The highest BCUT2D eigenvalue weighted by atomic mass is 35.5. The summed E-state index contributed by atoms with van der Waals surface area (Å²) in [5.41, 5.74) is 5.03. The number of amides is 2. The van der Waals surface area contributed by atoms with Crippen LogP contribution >= 0.6 is 11.6 Å². The number of rotatable bonds is 12. The second-order valence-corrected chi connectivity index (χ2v) is 10.8. The number of carbonyl (C=O) groups is 3. The first-order valence-electron chi connectivity index (χ1n) is 14.5. The number of nitrogens with one attached hydrogen (secondary N) is 2. The Kier molecular flexibility index (Phi) is 11.4. The molecule has 11 heteroatoms. The molecule has 2 N–H and O–H groups in total. The molecule has 7 nitrogen and oxygen atoms in total. The van der Waals surface area contributed by atoms with Crippen LogP contribution in [-0.2, 0) is 20.7 Å². The lowest BCUT2D eigenvalue weighted by molar-refractivity contribution is -0.274. The topological polar surface area (TPSA) is 93.7 Å². The molecule has 4 rings (SSSR count). The van der Waals surface area contributed by atoms with E-state index >= 15 is 0 Å². The third-order valence-electron chi connectivity index (χ3n) is 7.06. The van der Waals surface area contributed by atoms with Gasteiger partial charge in [-0.2, -0.15) is 0 Å². The van der Waals surface area contributed by atoms with Crippen LogP contribution < -0.4 is 15.4 Å². The van der Waals surface area contributed by atoms with E-state index in [0.29, 0.717) is 27.4 Å². The normalized spacial score (nSPS) is 11.8. The van der Waals surface area contributed by atoms with Crippen LogP contribution in [-0.4, -0.2) is 37.3 Å². The molecule has 1 unspecified atom stereocenters. The van der Waals surface area contributed by atoms with E-state index < -0.39 is 24.0 Å². The van der Waals surface area contributed by atoms with E-state index in [4.69, 9.17) is 16.3 Å². The van der Waals surface area contributed by atoms with Gasteiger partial charge >= 0.3 is 12.3 Å². The Bertz CT molecular complexity index is 1660. The molecule has 0 aliphatic rings. The lowest BCUT2D eigenvalue weighted by Gasteiger charge is -2.19. The Hall–Kier alpha value is -4.83. The summed E-state index contributed by atoms with van der Waals surface area (Å²) in [6, 6.07) is 24.7. The largest absolute Gasteiger partial charge is 0.573 e. The zero-order valence-electron chi connectivity index (χ0n) is 25.1. The predicted molar refractivity (Wildman–Crippen MR) is 170 cm³/mol. The summed E-state index contributed by atoms with van der Waals surface area (Å²) in [7, 11) is 0. The van der Waals surface area contributed by atoms with Gasteiger partial charge in [-0.05, 0) is 96.6 Å². The number of aryl methyl sites for hydroxylation is 1. The highest BCUT2D eigenvalue weighted by molar-refractivity contribution is 6.30. The average Bonchev–Trinajstić information content (AvgIpc) is 3.00. The standard InChI is InChI=1S/C35H32ClF3N2O5/c1-3-45-32(42)18-19-40-33(43)26-6-4-23(5-7-26)21-31(25-10-15-29(16-11-25)46-35(37,38)39)34(44)41-28-13-8-24(9-14-28)30-17-12-27(36)20-22(30)2/h4-17,20,31H,3,18-19,21H2,1-2H3,(H,40,43)(H,41,44). The van der Waals surface area contributed by atoms with Crippen molar-refractivity contribution in [2.75, 3.05) is 18.5 Å². The maximum absolute atomic E-state index is 13.6. The minimum absolute atomic E-state index is 0.0464. The van der Waals surface area contributed by atoms with Crippen LogP contribution in [0.3, 0.4) is 0 Å². The van der Waals surface area contributed by atoms with Crippen LogP contribution in [0, 0.1) is 6.92 Å². The first-order chi connectivity index (χ1) is 21.9. The van der Waals surface area contributed by atoms with Crippen LogP contribution in [0.4, 0.5) is 18.9 Å². The molecular weight excluding hydrogens is 621 g/mol. The van der Waals surface area contributed by atoms with E-state index in [1.807, 2.05) is 31.2 Å². The molecule has 0 radical (unpaired) electrons. The Labute approximate surface area is 269 Å². The lowest BCUT2D eigenvalue weighted by Crippen LogP contribution is -2.26. The molecule has 1 atom stereocenters. The predicted octanol–water partition coefficient (Wildman–Crippen LogP) is 7.86. The number of alkyl halides is 3. The molecule has 0 aromatic heterocycles. The van der Waals surface area contributed by atoms with Crippen molar-refractivity contribution in [1.29, 1.82) is 0 Å². The average molecular weight is 653 g/mol. The smallest absolute Gasteiger partial charge is 0.466 e. The maximum Gasteiger partial charge on any atom is 0.573 e.